The Labute approximate surface area is 243 Å². The average molecular weight is 733 g/mol. The molecular formula is C22H21F22NO. The molecule has 0 saturated heterocycles. The van der Waals surface area contributed by atoms with Gasteiger partial charge in [0.1, 0.15) is 0 Å². The number of hydrogen-bond acceptors (Lipinski definition) is 1. The smallest absolute Gasteiger partial charge is 0.364 e. The van der Waals surface area contributed by atoms with Gasteiger partial charge in [-0.3, -0.25) is 4.79 Å². The standard InChI is InChI=1S/C22H21F22NO/c1-2-3-4-5-6-7-8-9-10-12(23,24)14(27,28)16(31,32)18(35,36)20(39,40)22(43,44)21(41,42)19(37,38)17(33,34)15(29,30)13(25,26)11(45)46/h9-10H,2-8H2,1H3,(H2,45,46). The molecule has 0 aliphatic rings. The van der Waals surface area contributed by atoms with Crippen molar-refractivity contribution in [2.45, 2.75) is 117 Å². The number of primary amides is 1. The number of allylic oxidation sites excluding steroid dienone is 2. The molecule has 0 atom stereocenters. The van der Waals surface area contributed by atoms with Crippen molar-refractivity contribution in [2.24, 2.45) is 5.73 Å². The van der Waals surface area contributed by atoms with E-state index in [1.807, 2.05) is 0 Å². The summed E-state index contributed by atoms with van der Waals surface area (Å²) < 4.78 is 302. The van der Waals surface area contributed by atoms with Crippen LogP contribution in [-0.4, -0.2) is 71.1 Å². The fourth-order valence-electron chi connectivity index (χ4n) is 3.32. The van der Waals surface area contributed by atoms with E-state index in [0.29, 0.717) is 19.3 Å². The van der Waals surface area contributed by atoms with Crippen LogP contribution in [0, 0.1) is 0 Å². The summed E-state index contributed by atoms with van der Waals surface area (Å²) in [5.41, 5.74) is 3.49. The summed E-state index contributed by atoms with van der Waals surface area (Å²) in [7, 11) is 0. The fraction of sp³-hybridized carbons (Fsp3) is 0.864. The number of rotatable bonds is 19. The monoisotopic (exact) mass is 733 g/mol. The van der Waals surface area contributed by atoms with Gasteiger partial charge in [-0.15, -0.1) is 0 Å². The van der Waals surface area contributed by atoms with Gasteiger partial charge in [-0.25, -0.2) is 0 Å². The van der Waals surface area contributed by atoms with Crippen LogP contribution in [0.3, 0.4) is 0 Å². The van der Waals surface area contributed by atoms with Gasteiger partial charge in [0.05, 0.1) is 0 Å². The SMILES string of the molecule is CCCCCCCCC=CC(F)(F)C(F)(F)C(F)(F)C(F)(F)C(F)(F)C(F)(F)C(F)(F)C(F)(F)C(F)(F)C(F)(F)C(F)(F)C(N)=O. The lowest BCUT2D eigenvalue weighted by Crippen LogP contribution is -2.78. The molecule has 46 heavy (non-hydrogen) atoms. The van der Waals surface area contributed by atoms with Crippen LogP contribution in [0.5, 0.6) is 0 Å². The van der Waals surface area contributed by atoms with Crippen molar-refractivity contribution in [3.63, 3.8) is 0 Å². The number of carbonyl (C=O) groups is 1. The van der Waals surface area contributed by atoms with E-state index in [2.05, 4.69) is 5.73 Å². The minimum atomic E-state index is -9.38. The zero-order chi connectivity index (χ0) is 37.4. The number of amides is 1. The Bertz CT molecular complexity index is 1080. The highest BCUT2D eigenvalue weighted by molar-refractivity contribution is 5.83. The van der Waals surface area contributed by atoms with E-state index in [-0.39, 0.29) is 18.9 Å². The topological polar surface area (TPSA) is 43.1 Å². The van der Waals surface area contributed by atoms with Crippen LogP contribution in [-0.2, 0) is 4.79 Å². The first-order valence-electron chi connectivity index (χ1n) is 12.1. The highest BCUT2D eigenvalue weighted by Crippen LogP contribution is 2.67. The molecule has 0 unspecified atom stereocenters. The van der Waals surface area contributed by atoms with Gasteiger partial charge in [0.15, 0.2) is 0 Å². The van der Waals surface area contributed by atoms with Crippen molar-refractivity contribution < 1.29 is 101 Å². The second kappa shape index (κ2) is 12.9. The number of unbranched alkanes of at least 4 members (excludes halogenated alkanes) is 6. The van der Waals surface area contributed by atoms with Crippen molar-refractivity contribution >= 4 is 5.91 Å². The quantitative estimate of drug-likeness (QED) is 0.0803. The molecule has 0 aromatic heterocycles. The molecule has 0 aliphatic heterocycles. The third-order valence-corrected chi connectivity index (χ3v) is 6.33. The Morgan fingerprint density at radius 2 is 0.739 bits per heavy atom. The molecule has 0 aromatic carbocycles. The molecule has 0 radical (unpaired) electrons. The summed E-state index contributed by atoms with van der Waals surface area (Å²) in [6.07, 6.45) is 0.325. The second-order valence-electron chi connectivity index (χ2n) is 9.69. The maximum Gasteiger partial charge on any atom is 0.392 e. The van der Waals surface area contributed by atoms with E-state index < -0.39 is 83.6 Å². The Balaban J connectivity index is 6.80. The number of hydrogen-bond donors (Lipinski definition) is 1. The van der Waals surface area contributed by atoms with Gasteiger partial charge >= 0.3 is 65.1 Å². The normalized spacial score (nSPS) is 16.0. The summed E-state index contributed by atoms with van der Waals surface area (Å²) in [6, 6.07) is 0. The molecular weight excluding hydrogens is 712 g/mol. The first kappa shape index (κ1) is 43.7. The molecule has 0 saturated carbocycles. The molecule has 0 bridgehead atoms. The van der Waals surface area contributed by atoms with Gasteiger partial charge in [-0.05, 0) is 18.9 Å². The average Bonchev–Trinajstić information content (AvgIpc) is 2.88. The van der Waals surface area contributed by atoms with Crippen LogP contribution in [0.25, 0.3) is 0 Å². The molecule has 2 N–H and O–H groups in total. The summed E-state index contributed by atoms with van der Waals surface area (Å²) in [6.45, 7) is 1.78. The van der Waals surface area contributed by atoms with Gasteiger partial charge in [-0.2, -0.15) is 96.6 Å². The lowest BCUT2D eigenvalue weighted by atomic mass is 9.84. The third kappa shape index (κ3) is 6.29. The predicted octanol–water partition coefficient (Wildman–Crippen LogP) is 9.77. The highest BCUT2D eigenvalue weighted by Gasteiger charge is 2.98. The molecule has 0 aliphatic carbocycles. The van der Waals surface area contributed by atoms with E-state index >= 15 is 0 Å². The van der Waals surface area contributed by atoms with E-state index in [4.69, 9.17) is 0 Å². The van der Waals surface area contributed by atoms with Crippen molar-refractivity contribution in [1.82, 2.24) is 0 Å². The number of alkyl halides is 22. The lowest BCUT2D eigenvalue weighted by molar-refractivity contribution is -0.471. The Morgan fingerprint density at radius 1 is 0.457 bits per heavy atom. The van der Waals surface area contributed by atoms with Gasteiger partial charge in [0.25, 0.3) is 5.91 Å². The first-order chi connectivity index (χ1) is 20.0. The van der Waals surface area contributed by atoms with Gasteiger partial charge in [0, 0.05) is 0 Å². The molecule has 0 spiro atoms. The van der Waals surface area contributed by atoms with Crippen molar-refractivity contribution in [1.29, 1.82) is 0 Å². The molecule has 0 rings (SSSR count). The maximum absolute atomic E-state index is 13.9. The van der Waals surface area contributed by atoms with Crippen LogP contribution < -0.4 is 5.73 Å². The minimum Gasteiger partial charge on any atom is -0.364 e. The van der Waals surface area contributed by atoms with E-state index in [9.17, 15) is 101 Å². The number of nitrogens with two attached hydrogens (primary N) is 1. The van der Waals surface area contributed by atoms with E-state index in [0.717, 1.165) is 6.42 Å². The lowest BCUT2D eigenvalue weighted by Gasteiger charge is -2.45. The Morgan fingerprint density at radius 3 is 1.07 bits per heavy atom. The highest BCUT2D eigenvalue weighted by atomic mass is 19.4. The van der Waals surface area contributed by atoms with Crippen molar-refractivity contribution in [3.8, 4) is 0 Å². The van der Waals surface area contributed by atoms with E-state index in [1.54, 1.807) is 6.92 Å². The molecule has 0 aromatic rings. The van der Waals surface area contributed by atoms with E-state index in [1.165, 1.54) is 0 Å². The number of carbonyl (C=O) groups excluding carboxylic acids is 1. The Hall–Kier alpha value is -2.33. The summed E-state index contributed by atoms with van der Waals surface area (Å²) in [5.74, 6) is -98.6. The zero-order valence-electron chi connectivity index (χ0n) is 22.4. The van der Waals surface area contributed by atoms with Crippen LogP contribution in [0.1, 0.15) is 51.9 Å². The Kier molecular flexibility index (Phi) is 12.3. The molecule has 274 valence electrons. The third-order valence-electron chi connectivity index (χ3n) is 6.33. The zero-order valence-corrected chi connectivity index (χ0v) is 22.4. The predicted molar refractivity (Wildman–Crippen MR) is 111 cm³/mol. The van der Waals surface area contributed by atoms with Gasteiger partial charge in [0.2, 0.25) is 0 Å². The molecule has 0 heterocycles. The van der Waals surface area contributed by atoms with Gasteiger partial charge < -0.3 is 5.73 Å². The summed E-state index contributed by atoms with van der Waals surface area (Å²) in [4.78, 5) is 10.2. The van der Waals surface area contributed by atoms with Crippen LogP contribution >= 0.6 is 0 Å². The molecule has 24 heteroatoms. The second-order valence-corrected chi connectivity index (χ2v) is 9.69. The molecule has 2 nitrogen and oxygen atoms in total. The molecule has 1 amide bonds. The fourth-order valence-corrected chi connectivity index (χ4v) is 3.32. The van der Waals surface area contributed by atoms with Crippen LogP contribution in [0.4, 0.5) is 96.6 Å². The minimum absolute atomic E-state index is 0.104. The summed E-state index contributed by atoms with van der Waals surface area (Å²) in [5, 5.41) is 0. The molecule has 0 fully saturated rings. The largest absolute Gasteiger partial charge is 0.392 e. The summed E-state index contributed by atoms with van der Waals surface area (Å²) >= 11 is 0. The maximum atomic E-state index is 13.9. The van der Waals surface area contributed by atoms with Crippen molar-refractivity contribution in [3.05, 3.63) is 12.2 Å². The van der Waals surface area contributed by atoms with Crippen LogP contribution in [0.15, 0.2) is 12.2 Å². The van der Waals surface area contributed by atoms with Crippen LogP contribution in [0.2, 0.25) is 0 Å². The van der Waals surface area contributed by atoms with Gasteiger partial charge in [-0.1, -0.05) is 45.1 Å². The first-order valence-corrected chi connectivity index (χ1v) is 12.1. The number of halogens is 22. The van der Waals surface area contributed by atoms with Crippen molar-refractivity contribution in [2.75, 3.05) is 0 Å².